The predicted molar refractivity (Wildman–Crippen MR) is 132 cm³/mol. The Hall–Kier alpha value is -3.10. The number of aromatic nitrogens is 2. The van der Waals surface area contributed by atoms with Crippen LogP contribution < -0.4 is 4.90 Å². The zero-order chi connectivity index (χ0) is 23.4. The van der Waals surface area contributed by atoms with Crippen molar-refractivity contribution in [3.8, 4) is 0 Å². The van der Waals surface area contributed by atoms with Crippen LogP contribution in [0.5, 0.6) is 0 Å². The molecule has 8 heteroatoms. The van der Waals surface area contributed by atoms with Crippen LogP contribution in [0.4, 0.5) is 5.13 Å². The molecule has 170 valence electrons. The summed E-state index contributed by atoms with van der Waals surface area (Å²) in [6, 6.07) is 18.3. The third kappa shape index (κ3) is 5.46. The molecule has 0 fully saturated rings. The van der Waals surface area contributed by atoms with E-state index in [1.54, 1.807) is 35.4 Å². The molecule has 0 aliphatic heterocycles. The van der Waals surface area contributed by atoms with E-state index in [0.717, 1.165) is 27.0 Å². The number of aryl methyl sites for hydroxylation is 2. The van der Waals surface area contributed by atoms with Crippen molar-refractivity contribution in [3.05, 3.63) is 83.7 Å². The number of carbonyl (C=O) groups excluding carboxylic acids is 1. The molecule has 0 saturated carbocycles. The Labute approximate surface area is 197 Å². The number of amides is 1. The van der Waals surface area contributed by atoms with Crippen LogP contribution >= 0.6 is 11.3 Å². The summed E-state index contributed by atoms with van der Waals surface area (Å²) in [7, 11) is -3.44. The predicted octanol–water partition coefficient (Wildman–Crippen LogP) is 5.10. The third-order valence-corrected chi connectivity index (χ3v) is 8.23. The van der Waals surface area contributed by atoms with Gasteiger partial charge in [-0.2, -0.15) is 0 Å². The number of hydrogen-bond acceptors (Lipinski definition) is 6. The number of fused-ring (bicyclic) bond motifs is 1. The van der Waals surface area contributed by atoms with Gasteiger partial charge in [0.2, 0.25) is 5.91 Å². The Kier molecular flexibility index (Phi) is 6.85. The second-order valence-electron chi connectivity index (χ2n) is 7.95. The van der Waals surface area contributed by atoms with Gasteiger partial charge in [-0.1, -0.05) is 47.2 Å². The number of sulfone groups is 1. The van der Waals surface area contributed by atoms with Gasteiger partial charge in [0.05, 0.1) is 33.1 Å². The Morgan fingerprint density at radius 2 is 1.79 bits per heavy atom. The number of anilines is 1. The highest BCUT2D eigenvalue weighted by molar-refractivity contribution is 7.91. The SMILES string of the molecule is Cc1ccc(S(=O)(=O)CCCC(=O)N(Cc2ccccn2)c2nc3c(C)cccc3s2)cc1. The van der Waals surface area contributed by atoms with Crippen molar-refractivity contribution in [3.63, 3.8) is 0 Å². The van der Waals surface area contributed by atoms with Crippen LogP contribution in [0.3, 0.4) is 0 Å². The first-order valence-corrected chi connectivity index (χ1v) is 13.2. The van der Waals surface area contributed by atoms with E-state index in [1.807, 2.05) is 50.2 Å². The molecule has 33 heavy (non-hydrogen) atoms. The van der Waals surface area contributed by atoms with E-state index in [1.165, 1.54) is 11.3 Å². The lowest BCUT2D eigenvalue weighted by molar-refractivity contribution is -0.118. The second-order valence-corrected chi connectivity index (χ2v) is 11.1. The number of rotatable bonds is 8. The molecule has 0 spiro atoms. The number of pyridine rings is 1. The molecule has 0 saturated heterocycles. The number of carbonyl (C=O) groups is 1. The monoisotopic (exact) mass is 479 g/mol. The molecule has 0 N–H and O–H groups in total. The van der Waals surface area contributed by atoms with E-state index in [2.05, 4.69) is 4.98 Å². The quantitative estimate of drug-likeness (QED) is 0.351. The largest absolute Gasteiger partial charge is 0.282 e. The molecule has 4 rings (SSSR count). The van der Waals surface area contributed by atoms with Crippen LogP contribution in [0.25, 0.3) is 10.2 Å². The summed E-state index contributed by atoms with van der Waals surface area (Å²) < 4.78 is 26.3. The lowest BCUT2D eigenvalue weighted by Gasteiger charge is -2.19. The minimum absolute atomic E-state index is 0.0851. The molecule has 2 aromatic heterocycles. The molecule has 0 bridgehead atoms. The van der Waals surface area contributed by atoms with Gasteiger partial charge in [-0.15, -0.1) is 0 Å². The summed E-state index contributed by atoms with van der Waals surface area (Å²) in [5, 5.41) is 0.594. The van der Waals surface area contributed by atoms with E-state index >= 15 is 0 Å². The molecule has 1 amide bonds. The fourth-order valence-corrected chi connectivity index (χ4v) is 5.89. The second kappa shape index (κ2) is 9.80. The maximum atomic E-state index is 13.2. The van der Waals surface area contributed by atoms with Gasteiger partial charge in [-0.05, 0) is 56.2 Å². The standard InChI is InChI=1S/C25H25N3O3S2/c1-18-11-13-21(14-12-18)33(30,31)16-6-10-23(29)28(17-20-8-3-4-15-26-20)25-27-24-19(2)7-5-9-22(24)32-25/h3-5,7-9,11-15H,6,10,16-17H2,1-2H3. The first-order valence-electron chi connectivity index (χ1n) is 10.7. The van der Waals surface area contributed by atoms with Crippen LogP contribution in [0.2, 0.25) is 0 Å². The number of thiazole rings is 1. The molecule has 0 unspecified atom stereocenters. The van der Waals surface area contributed by atoms with Gasteiger partial charge in [0.15, 0.2) is 15.0 Å². The summed E-state index contributed by atoms with van der Waals surface area (Å²) in [4.78, 5) is 24.2. The van der Waals surface area contributed by atoms with Gasteiger partial charge in [-0.3, -0.25) is 14.7 Å². The highest BCUT2D eigenvalue weighted by Crippen LogP contribution is 2.32. The molecule has 0 atom stereocenters. The smallest absolute Gasteiger partial charge is 0.229 e. The highest BCUT2D eigenvalue weighted by Gasteiger charge is 2.22. The van der Waals surface area contributed by atoms with Crippen LogP contribution in [-0.2, 0) is 21.2 Å². The van der Waals surface area contributed by atoms with E-state index in [4.69, 9.17) is 4.98 Å². The lowest BCUT2D eigenvalue weighted by Crippen LogP contribution is -2.30. The number of benzene rings is 2. The van der Waals surface area contributed by atoms with Crippen LogP contribution in [0.15, 0.2) is 71.8 Å². The van der Waals surface area contributed by atoms with Crippen molar-refractivity contribution in [1.29, 1.82) is 0 Å². The van der Waals surface area contributed by atoms with Crippen LogP contribution in [0, 0.1) is 13.8 Å². The van der Waals surface area contributed by atoms with Crippen molar-refractivity contribution in [1.82, 2.24) is 9.97 Å². The number of para-hydroxylation sites is 1. The molecule has 2 heterocycles. The third-order valence-electron chi connectivity index (χ3n) is 5.37. The first kappa shape index (κ1) is 23.1. The van der Waals surface area contributed by atoms with Crippen molar-refractivity contribution in [2.24, 2.45) is 0 Å². The van der Waals surface area contributed by atoms with E-state index in [0.29, 0.717) is 5.13 Å². The highest BCUT2D eigenvalue weighted by atomic mass is 32.2. The van der Waals surface area contributed by atoms with Crippen LogP contribution in [0.1, 0.15) is 29.7 Å². The molecule has 0 radical (unpaired) electrons. The number of nitrogens with zero attached hydrogens (tertiary/aromatic N) is 3. The van der Waals surface area contributed by atoms with Crippen molar-refractivity contribution in [2.45, 2.75) is 38.1 Å². The Balaban J connectivity index is 1.53. The average Bonchev–Trinajstić information content (AvgIpc) is 3.23. The summed E-state index contributed by atoms with van der Waals surface area (Å²) in [6.45, 7) is 4.19. The van der Waals surface area contributed by atoms with Gasteiger partial charge < -0.3 is 0 Å². The minimum Gasteiger partial charge on any atom is -0.282 e. The van der Waals surface area contributed by atoms with Crippen molar-refractivity contribution in [2.75, 3.05) is 10.7 Å². The molecule has 2 aromatic carbocycles. The lowest BCUT2D eigenvalue weighted by atomic mass is 10.2. The Bertz CT molecular complexity index is 1370. The normalized spacial score (nSPS) is 11.6. The summed E-state index contributed by atoms with van der Waals surface area (Å²) in [6.07, 6.45) is 2.03. The fraction of sp³-hybridized carbons (Fsp3) is 0.240. The average molecular weight is 480 g/mol. The fourth-order valence-electron chi connectivity index (χ4n) is 3.52. The van der Waals surface area contributed by atoms with Gasteiger partial charge >= 0.3 is 0 Å². The zero-order valence-electron chi connectivity index (χ0n) is 18.6. The van der Waals surface area contributed by atoms with Gasteiger partial charge in [0.1, 0.15) is 0 Å². The maximum Gasteiger partial charge on any atom is 0.229 e. The van der Waals surface area contributed by atoms with Crippen LogP contribution in [-0.4, -0.2) is 30.0 Å². The van der Waals surface area contributed by atoms with Gasteiger partial charge in [0, 0.05) is 12.6 Å². The van der Waals surface area contributed by atoms with Crippen molar-refractivity contribution >= 4 is 42.4 Å². The molecular weight excluding hydrogens is 454 g/mol. The Morgan fingerprint density at radius 1 is 1.00 bits per heavy atom. The van der Waals surface area contributed by atoms with Crippen molar-refractivity contribution < 1.29 is 13.2 Å². The zero-order valence-corrected chi connectivity index (χ0v) is 20.2. The molecule has 6 nitrogen and oxygen atoms in total. The first-order chi connectivity index (χ1) is 15.8. The molecular formula is C25H25N3O3S2. The minimum atomic E-state index is -3.44. The maximum absolute atomic E-state index is 13.2. The molecule has 0 aliphatic rings. The molecule has 4 aromatic rings. The number of hydrogen-bond donors (Lipinski definition) is 0. The molecule has 0 aliphatic carbocycles. The van der Waals surface area contributed by atoms with E-state index in [9.17, 15) is 13.2 Å². The van der Waals surface area contributed by atoms with Gasteiger partial charge in [0.25, 0.3) is 0 Å². The van der Waals surface area contributed by atoms with E-state index < -0.39 is 9.84 Å². The topological polar surface area (TPSA) is 80.2 Å². The Morgan fingerprint density at radius 3 is 2.48 bits per heavy atom. The van der Waals surface area contributed by atoms with E-state index in [-0.39, 0.29) is 35.9 Å². The summed E-state index contributed by atoms with van der Waals surface area (Å²) >= 11 is 1.45. The summed E-state index contributed by atoms with van der Waals surface area (Å²) in [5.41, 5.74) is 3.66. The van der Waals surface area contributed by atoms with Gasteiger partial charge in [-0.25, -0.2) is 13.4 Å². The summed E-state index contributed by atoms with van der Waals surface area (Å²) in [5.74, 6) is -0.255.